The summed E-state index contributed by atoms with van der Waals surface area (Å²) in [7, 11) is 2.85. The standard InChI is InChI=1S/C23H18FN5O5S/c1-28-20-18(22(31)29(2)23(28)32)21(27-19(26-20)12-3-5-13(24)6-4-12)35-10-17(30)25-14-7-8-15-16(9-14)34-11-33-15/h3-9H,10-11H2,1-2H3,(H,25,30). The Hall–Kier alpha value is -4.19. The number of fused-ring (bicyclic) bond motifs is 2. The number of carbonyl (C=O) groups is 1. The molecule has 0 unspecified atom stereocenters. The van der Waals surface area contributed by atoms with Gasteiger partial charge in [0.1, 0.15) is 16.2 Å². The second kappa shape index (κ2) is 8.87. The first kappa shape index (κ1) is 22.6. The zero-order valence-electron chi connectivity index (χ0n) is 18.6. The number of anilines is 1. The second-order valence-corrected chi connectivity index (χ2v) is 8.63. The van der Waals surface area contributed by atoms with Crippen molar-refractivity contribution in [1.82, 2.24) is 19.1 Å². The lowest BCUT2D eigenvalue weighted by molar-refractivity contribution is -0.113. The molecule has 0 aliphatic carbocycles. The molecule has 1 amide bonds. The van der Waals surface area contributed by atoms with E-state index in [-0.39, 0.29) is 40.3 Å². The van der Waals surface area contributed by atoms with Gasteiger partial charge in [-0.25, -0.2) is 19.2 Å². The third-order valence-corrected chi connectivity index (χ3v) is 6.34. The number of halogens is 1. The first-order valence-corrected chi connectivity index (χ1v) is 11.4. The van der Waals surface area contributed by atoms with Gasteiger partial charge in [0.25, 0.3) is 5.56 Å². The molecular weight excluding hydrogens is 477 g/mol. The predicted octanol–water partition coefficient (Wildman–Crippen LogP) is 2.29. The summed E-state index contributed by atoms with van der Waals surface area (Å²) in [6.07, 6.45) is 0. The molecule has 0 saturated carbocycles. The maximum absolute atomic E-state index is 13.4. The minimum Gasteiger partial charge on any atom is -0.454 e. The van der Waals surface area contributed by atoms with Gasteiger partial charge in [-0.1, -0.05) is 11.8 Å². The minimum absolute atomic E-state index is 0.0740. The average Bonchev–Trinajstić information content (AvgIpc) is 3.33. The van der Waals surface area contributed by atoms with Crippen molar-refractivity contribution in [1.29, 1.82) is 0 Å². The first-order chi connectivity index (χ1) is 16.8. The predicted molar refractivity (Wildman–Crippen MR) is 127 cm³/mol. The van der Waals surface area contributed by atoms with E-state index in [4.69, 9.17) is 9.47 Å². The molecule has 1 aliphatic rings. The Kier molecular flexibility index (Phi) is 5.73. The molecule has 2 aromatic carbocycles. The highest BCUT2D eigenvalue weighted by molar-refractivity contribution is 8.00. The number of hydrogen-bond acceptors (Lipinski definition) is 8. The zero-order chi connectivity index (χ0) is 24.7. The number of rotatable bonds is 5. The van der Waals surface area contributed by atoms with Gasteiger partial charge in [-0.15, -0.1) is 0 Å². The monoisotopic (exact) mass is 495 g/mol. The largest absolute Gasteiger partial charge is 0.454 e. The fourth-order valence-electron chi connectivity index (χ4n) is 3.57. The van der Waals surface area contributed by atoms with Gasteiger partial charge in [-0.2, -0.15) is 0 Å². The van der Waals surface area contributed by atoms with Crippen LogP contribution in [-0.2, 0) is 18.9 Å². The Morgan fingerprint density at radius 1 is 1.06 bits per heavy atom. The van der Waals surface area contributed by atoms with E-state index in [0.29, 0.717) is 22.7 Å². The summed E-state index contributed by atoms with van der Waals surface area (Å²) < 4.78 is 26.2. The van der Waals surface area contributed by atoms with Gasteiger partial charge in [0.2, 0.25) is 12.7 Å². The van der Waals surface area contributed by atoms with Crippen LogP contribution in [0.25, 0.3) is 22.4 Å². The number of ether oxygens (including phenoxy) is 2. The van der Waals surface area contributed by atoms with E-state index >= 15 is 0 Å². The quantitative estimate of drug-likeness (QED) is 0.331. The van der Waals surface area contributed by atoms with Crippen molar-refractivity contribution in [3.8, 4) is 22.9 Å². The highest BCUT2D eigenvalue weighted by Crippen LogP contribution is 2.34. The molecule has 0 atom stereocenters. The number of amides is 1. The molecule has 4 aromatic rings. The zero-order valence-corrected chi connectivity index (χ0v) is 19.4. The van der Waals surface area contributed by atoms with Crippen molar-refractivity contribution < 1.29 is 18.7 Å². The molecule has 0 radical (unpaired) electrons. The summed E-state index contributed by atoms with van der Waals surface area (Å²) in [4.78, 5) is 47.0. The number of aryl methyl sites for hydroxylation is 1. The van der Waals surface area contributed by atoms with Crippen LogP contribution in [0.5, 0.6) is 11.5 Å². The molecule has 3 heterocycles. The normalized spacial score (nSPS) is 12.2. The molecular formula is C23H18FN5O5S. The average molecular weight is 495 g/mol. The summed E-state index contributed by atoms with van der Waals surface area (Å²) in [5.74, 6) is 0.482. The Labute approximate surface area is 201 Å². The van der Waals surface area contributed by atoms with Gasteiger partial charge in [0, 0.05) is 31.4 Å². The van der Waals surface area contributed by atoms with Crippen molar-refractivity contribution in [3.63, 3.8) is 0 Å². The molecule has 12 heteroatoms. The lowest BCUT2D eigenvalue weighted by Gasteiger charge is -2.12. The van der Waals surface area contributed by atoms with E-state index in [9.17, 15) is 18.8 Å². The molecule has 0 bridgehead atoms. The molecule has 1 N–H and O–H groups in total. The molecule has 0 spiro atoms. The summed E-state index contributed by atoms with van der Waals surface area (Å²) in [5, 5.41) is 3.11. The summed E-state index contributed by atoms with van der Waals surface area (Å²) >= 11 is 1.03. The van der Waals surface area contributed by atoms with Gasteiger partial charge < -0.3 is 14.8 Å². The van der Waals surface area contributed by atoms with E-state index in [1.165, 1.54) is 42.9 Å². The van der Waals surface area contributed by atoms with Gasteiger partial charge in [-0.3, -0.25) is 18.7 Å². The van der Waals surface area contributed by atoms with Gasteiger partial charge in [0.05, 0.1) is 5.75 Å². The number of nitrogens with zero attached hydrogens (tertiary/aromatic N) is 4. The number of carbonyl (C=O) groups excluding carboxylic acids is 1. The number of hydrogen-bond donors (Lipinski definition) is 1. The molecule has 2 aromatic heterocycles. The van der Waals surface area contributed by atoms with Crippen molar-refractivity contribution in [2.24, 2.45) is 14.1 Å². The van der Waals surface area contributed by atoms with E-state index < -0.39 is 17.1 Å². The van der Waals surface area contributed by atoms with E-state index in [1.807, 2.05) is 0 Å². The number of nitrogens with one attached hydrogen (secondary N) is 1. The van der Waals surface area contributed by atoms with Gasteiger partial charge in [0.15, 0.2) is 23.0 Å². The molecule has 178 valence electrons. The molecule has 1 aliphatic heterocycles. The Bertz CT molecular complexity index is 1600. The van der Waals surface area contributed by atoms with Crippen LogP contribution in [0.2, 0.25) is 0 Å². The van der Waals surface area contributed by atoms with Crippen LogP contribution in [0, 0.1) is 5.82 Å². The van der Waals surface area contributed by atoms with Crippen LogP contribution in [-0.4, -0.2) is 37.6 Å². The molecule has 35 heavy (non-hydrogen) atoms. The third-order valence-electron chi connectivity index (χ3n) is 5.37. The fraction of sp³-hybridized carbons (Fsp3) is 0.174. The first-order valence-electron chi connectivity index (χ1n) is 10.4. The Morgan fingerprint density at radius 3 is 2.57 bits per heavy atom. The van der Waals surface area contributed by atoms with E-state index in [1.54, 1.807) is 18.2 Å². The van der Waals surface area contributed by atoms with Gasteiger partial charge >= 0.3 is 5.69 Å². The molecule has 10 nitrogen and oxygen atoms in total. The van der Waals surface area contributed by atoms with Crippen molar-refractivity contribution in [2.75, 3.05) is 17.9 Å². The lowest BCUT2D eigenvalue weighted by atomic mass is 10.2. The Balaban J connectivity index is 1.50. The smallest absolute Gasteiger partial charge is 0.332 e. The maximum Gasteiger partial charge on any atom is 0.332 e. The van der Waals surface area contributed by atoms with Crippen LogP contribution in [0.1, 0.15) is 0 Å². The van der Waals surface area contributed by atoms with Crippen LogP contribution in [0.3, 0.4) is 0 Å². The Morgan fingerprint density at radius 2 is 1.80 bits per heavy atom. The molecule has 0 saturated heterocycles. The topological polar surface area (TPSA) is 117 Å². The van der Waals surface area contributed by atoms with Crippen LogP contribution in [0.4, 0.5) is 10.1 Å². The summed E-state index contributed by atoms with van der Waals surface area (Å²) in [5.41, 5.74) is 0.00657. The SMILES string of the molecule is Cn1c(=O)c2c(SCC(=O)Nc3ccc4c(c3)OCO4)nc(-c3ccc(F)cc3)nc2n(C)c1=O. The van der Waals surface area contributed by atoms with Crippen molar-refractivity contribution in [3.05, 3.63) is 69.1 Å². The summed E-state index contributed by atoms with van der Waals surface area (Å²) in [6, 6.07) is 10.6. The highest BCUT2D eigenvalue weighted by atomic mass is 32.2. The third kappa shape index (κ3) is 4.23. The molecule has 5 rings (SSSR count). The van der Waals surface area contributed by atoms with Crippen molar-refractivity contribution >= 4 is 34.4 Å². The number of thioether (sulfide) groups is 1. The lowest BCUT2D eigenvalue weighted by Crippen LogP contribution is -2.37. The van der Waals surface area contributed by atoms with Crippen LogP contribution < -0.4 is 26.0 Å². The fourth-order valence-corrected chi connectivity index (χ4v) is 4.38. The second-order valence-electron chi connectivity index (χ2n) is 7.67. The number of aromatic nitrogens is 4. The minimum atomic E-state index is -0.576. The van der Waals surface area contributed by atoms with Crippen LogP contribution >= 0.6 is 11.8 Å². The molecule has 0 fully saturated rings. The number of benzene rings is 2. The van der Waals surface area contributed by atoms with E-state index in [0.717, 1.165) is 16.3 Å². The highest BCUT2D eigenvalue weighted by Gasteiger charge is 2.20. The van der Waals surface area contributed by atoms with Crippen molar-refractivity contribution in [2.45, 2.75) is 5.03 Å². The summed E-state index contributed by atoms with van der Waals surface area (Å²) in [6.45, 7) is 0.122. The maximum atomic E-state index is 13.4. The van der Waals surface area contributed by atoms with Crippen LogP contribution in [0.15, 0.2) is 57.1 Å². The van der Waals surface area contributed by atoms with E-state index in [2.05, 4.69) is 15.3 Å². The van der Waals surface area contributed by atoms with Gasteiger partial charge in [-0.05, 0) is 36.4 Å².